The second-order valence-electron chi connectivity index (χ2n) is 5.69. The van der Waals surface area contributed by atoms with Crippen LogP contribution < -0.4 is 11.1 Å². The van der Waals surface area contributed by atoms with Gasteiger partial charge in [0, 0.05) is 23.8 Å². The van der Waals surface area contributed by atoms with Crippen molar-refractivity contribution in [2.45, 2.75) is 39.7 Å². The summed E-state index contributed by atoms with van der Waals surface area (Å²) >= 11 is 0. The first-order chi connectivity index (χ1) is 10.5. The van der Waals surface area contributed by atoms with Gasteiger partial charge < -0.3 is 11.1 Å². The Morgan fingerprint density at radius 1 is 1.32 bits per heavy atom. The van der Waals surface area contributed by atoms with E-state index in [1.54, 1.807) is 0 Å². The molecule has 1 aromatic carbocycles. The SMILES string of the molecule is Cc1nn(-c2ccccc2)c(C)c1CC(=O)NCCC(C)N. The van der Waals surface area contributed by atoms with Crippen molar-refractivity contribution in [3.05, 3.63) is 47.3 Å². The molecule has 0 saturated carbocycles. The quantitative estimate of drug-likeness (QED) is 0.855. The zero-order valence-electron chi connectivity index (χ0n) is 13.5. The van der Waals surface area contributed by atoms with Crippen molar-refractivity contribution in [1.82, 2.24) is 15.1 Å². The molecule has 0 aliphatic heterocycles. The molecule has 1 heterocycles. The molecule has 0 fully saturated rings. The van der Waals surface area contributed by atoms with Gasteiger partial charge in [-0.25, -0.2) is 4.68 Å². The summed E-state index contributed by atoms with van der Waals surface area (Å²) in [6, 6.07) is 10.0. The number of carbonyl (C=O) groups excluding carboxylic acids is 1. The molecule has 0 radical (unpaired) electrons. The lowest BCUT2D eigenvalue weighted by Gasteiger charge is -2.08. The normalized spacial score (nSPS) is 12.2. The fourth-order valence-electron chi connectivity index (χ4n) is 2.41. The van der Waals surface area contributed by atoms with Crippen LogP contribution in [-0.2, 0) is 11.2 Å². The van der Waals surface area contributed by atoms with Crippen LogP contribution in [0.3, 0.4) is 0 Å². The van der Waals surface area contributed by atoms with Crippen LogP contribution >= 0.6 is 0 Å². The molecule has 0 bridgehead atoms. The van der Waals surface area contributed by atoms with Crippen molar-refractivity contribution < 1.29 is 4.79 Å². The minimum atomic E-state index is 0.0134. The molecule has 5 heteroatoms. The average Bonchev–Trinajstić information content (AvgIpc) is 2.76. The Balaban J connectivity index is 2.09. The number of nitrogens with two attached hydrogens (primary N) is 1. The standard InChI is InChI=1S/C17H24N4O/c1-12(18)9-10-19-17(22)11-16-13(2)20-21(14(16)3)15-7-5-4-6-8-15/h4-8,12H,9-11,18H2,1-3H3,(H,19,22). The van der Waals surface area contributed by atoms with Crippen LogP contribution in [0.25, 0.3) is 5.69 Å². The molecule has 0 aliphatic carbocycles. The van der Waals surface area contributed by atoms with E-state index in [1.807, 2.05) is 55.8 Å². The first kappa shape index (κ1) is 16.2. The summed E-state index contributed by atoms with van der Waals surface area (Å²) in [4.78, 5) is 12.1. The average molecular weight is 300 g/mol. The summed E-state index contributed by atoms with van der Waals surface area (Å²) in [5.41, 5.74) is 9.57. The van der Waals surface area contributed by atoms with Gasteiger partial charge in [0.2, 0.25) is 5.91 Å². The van der Waals surface area contributed by atoms with E-state index in [2.05, 4.69) is 10.4 Å². The topological polar surface area (TPSA) is 72.9 Å². The predicted octanol–water partition coefficient (Wildman–Crippen LogP) is 1.89. The van der Waals surface area contributed by atoms with Crippen molar-refractivity contribution in [1.29, 1.82) is 0 Å². The van der Waals surface area contributed by atoms with E-state index in [4.69, 9.17) is 5.73 Å². The molecule has 3 N–H and O–H groups in total. The lowest BCUT2D eigenvalue weighted by Crippen LogP contribution is -2.30. The van der Waals surface area contributed by atoms with Crippen molar-refractivity contribution in [3.63, 3.8) is 0 Å². The molecule has 118 valence electrons. The molecule has 0 saturated heterocycles. The van der Waals surface area contributed by atoms with Crippen LogP contribution in [0.1, 0.15) is 30.3 Å². The molecule has 0 aliphatic rings. The van der Waals surface area contributed by atoms with E-state index in [-0.39, 0.29) is 11.9 Å². The number of para-hydroxylation sites is 1. The summed E-state index contributed by atoms with van der Waals surface area (Å²) in [7, 11) is 0. The van der Waals surface area contributed by atoms with Gasteiger partial charge in [-0.3, -0.25) is 4.79 Å². The third-order valence-electron chi connectivity index (χ3n) is 3.70. The van der Waals surface area contributed by atoms with Gasteiger partial charge >= 0.3 is 0 Å². The summed E-state index contributed by atoms with van der Waals surface area (Å²) in [5.74, 6) is 0.0134. The highest BCUT2D eigenvalue weighted by Gasteiger charge is 2.15. The Hall–Kier alpha value is -2.14. The smallest absolute Gasteiger partial charge is 0.224 e. The van der Waals surface area contributed by atoms with Crippen LogP contribution in [0.15, 0.2) is 30.3 Å². The number of rotatable bonds is 6. The molecular weight excluding hydrogens is 276 g/mol. The van der Waals surface area contributed by atoms with E-state index >= 15 is 0 Å². The van der Waals surface area contributed by atoms with E-state index in [9.17, 15) is 4.79 Å². The van der Waals surface area contributed by atoms with Crippen molar-refractivity contribution in [2.24, 2.45) is 5.73 Å². The molecule has 1 unspecified atom stereocenters. The maximum Gasteiger partial charge on any atom is 0.224 e. The van der Waals surface area contributed by atoms with Crippen LogP contribution in [0.2, 0.25) is 0 Å². The molecule has 2 aromatic rings. The van der Waals surface area contributed by atoms with Crippen LogP contribution in [-0.4, -0.2) is 28.3 Å². The number of benzene rings is 1. The van der Waals surface area contributed by atoms with Crippen LogP contribution in [0.5, 0.6) is 0 Å². The molecular formula is C17H24N4O. The number of aryl methyl sites for hydroxylation is 1. The Morgan fingerprint density at radius 2 is 2.00 bits per heavy atom. The van der Waals surface area contributed by atoms with Gasteiger partial charge in [-0.15, -0.1) is 0 Å². The maximum absolute atomic E-state index is 12.1. The third-order valence-corrected chi connectivity index (χ3v) is 3.70. The van der Waals surface area contributed by atoms with Gasteiger partial charge in [0.1, 0.15) is 0 Å². The molecule has 22 heavy (non-hydrogen) atoms. The third kappa shape index (κ3) is 3.95. The van der Waals surface area contributed by atoms with Gasteiger partial charge in [0.05, 0.1) is 17.8 Å². The highest BCUT2D eigenvalue weighted by molar-refractivity contribution is 5.79. The zero-order chi connectivity index (χ0) is 16.1. The fourth-order valence-corrected chi connectivity index (χ4v) is 2.41. The van der Waals surface area contributed by atoms with E-state index in [0.717, 1.165) is 29.1 Å². The van der Waals surface area contributed by atoms with Crippen molar-refractivity contribution >= 4 is 5.91 Å². The lowest BCUT2D eigenvalue weighted by atomic mass is 10.1. The summed E-state index contributed by atoms with van der Waals surface area (Å²) in [5, 5.41) is 7.47. The van der Waals surface area contributed by atoms with E-state index < -0.39 is 0 Å². The first-order valence-electron chi connectivity index (χ1n) is 7.62. The second-order valence-corrected chi connectivity index (χ2v) is 5.69. The Bertz CT molecular complexity index is 632. The van der Waals surface area contributed by atoms with Crippen molar-refractivity contribution in [3.8, 4) is 5.69 Å². The molecule has 2 rings (SSSR count). The molecule has 0 spiro atoms. The first-order valence-corrected chi connectivity index (χ1v) is 7.62. The van der Waals surface area contributed by atoms with Gasteiger partial charge in [0.15, 0.2) is 0 Å². The number of nitrogens with one attached hydrogen (secondary N) is 1. The monoisotopic (exact) mass is 300 g/mol. The number of carbonyl (C=O) groups is 1. The van der Waals surface area contributed by atoms with Crippen LogP contribution in [0.4, 0.5) is 0 Å². The van der Waals surface area contributed by atoms with Gasteiger partial charge in [-0.1, -0.05) is 18.2 Å². The van der Waals surface area contributed by atoms with Gasteiger partial charge in [-0.2, -0.15) is 5.10 Å². The molecule has 1 amide bonds. The van der Waals surface area contributed by atoms with E-state index in [1.165, 1.54) is 0 Å². The highest BCUT2D eigenvalue weighted by atomic mass is 16.1. The molecule has 1 aromatic heterocycles. The highest BCUT2D eigenvalue weighted by Crippen LogP contribution is 2.18. The van der Waals surface area contributed by atoms with Crippen molar-refractivity contribution in [2.75, 3.05) is 6.54 Å². The van der Waals surface area contributed by atoms with Gasteiger partial charge in [0.25, 0.3) is 0 Å². The molecule has 1 atom stereocenters. The number of hydrogen-bond donors (Lipinski definition) is 2. The van der Waals surface area contributed by atoms with E-state index in [0.29, 0.717) is 13.0 Å². The maximum atomic E-state index is 12.1. The fraction of sp³-hybridized carbons (Fsp3) is 0.412. The Morgan fingerprint density at radius 3 is 2.64 bits per heavy atom. The largest absolute Gasteiger partial charge is 0.356 e. The predicted molar refractivity (Wildman–Crippen MR) is 88.0 cm³/mol. The second kappa shape index (κ2) is 7.22. The number of nitrogens with zero attached hydrogens (tertiary/aromatic N) is 2. The summed E-state index contributed by atoms with van der Waals surface area (Å²) in [6.07, 6.45) is 1.14. The van der Waals surface area contributed by atoms with Crippen LogP contribution in [0, 0.1) is 13.8 Å². The number of amides is 1. The summed E-state index contributed by atoms with van der Waals surface area (Å²) < 4.78 is 1.89. The zero-order valence-corrected chi connectivity index (χ0v) is 13.5. The summed E-state index contributed by atoms with van der Waals surface area (Å²) in [6.45, 7) is 6.49. The Kier molecular flexibility index (Phi) is 5.33. The molecule has 5 nitrogen and oxygen atoms in total. The minimum Gasteiger partial charge on any atom is -0.356 e. The minimum absolute atomic E-state index is 0.0134. The van der Waals surface area contributed by atoms with Gasteiger partial charge in [-0.05, 0) is 39.3 Å². The number of aromatic nitrogens is 2. The lowest BCUT2D eigenvalue weighted by molar-refractivity contribution is -0.120. The Labute approximate surface area is 131 Å². The number of hydrogen-bond acceptors (Lipinski definition) is 3.